The summed E-state index contributed by atoms with van der Waals surface area (Å²) in [7, 11) is 3.46. The van der Waals surface area contributed by atoms with Crippen LogP contribution in [0.5, 0.6) is 40.2 Å². The van der Waals surface area contributed by atoms with Crippen molar-refractivity contribution in [2.45, 2.75) is 74.8 Å². The number of aromatic hydroxyl groups is 3. The Morgan fingerprint density at radius 3 is 2.53 bits per heavy atom. The smallest absolute Gasteiger partial charge is 0.331 e. The molecule has 0 amide bonds. The molecule has 0 aliphatic carbocycles. The molecule has 5 N–H and O–H groups in total. The molecule has 280 valence electrons. The number of piperazine rings is 1. The number of rotatable bonds is 2. The number of aliphatic hydroxyl groups excluding tert-OH is 1. The number of hydrogen-bond acceptors (Lipinski definition) is 15. The fraction of sp³-hybridized carbons (Fsp3) is 0.474. The molecule has 15 heteroatoms. The van der Waals surface area contributed by atoms with Crippen molar-refractivity contribution in [2.75, 3.05) is 39.9 Å². The molecule has 1 spiro atoms. The molecule has 7 atom stereocenters. The summed E-state index contributed by atoms with van der Waals surface area (Å²) in [6.07, 6.45) is -0.116. The molecule has 0 aromatic heterocycles. The number of esters is 2. The van der Waals surface area contributed by atoms with E-state index < -0.39 is 53.1 Å². The summed E-state index contributed by atoms with van der Waals surface area (Å²) >= 11 is 1.42. The van der Waals surface area contributed by atoms with Crippen molar-refractivity contribution < 1.29 is 53.7 Å². The minimum absolute atomic E-state index is 0.0236. The number of thioether (sulfide) groups is 1. The molecule has 14 nitrogen and oxygen atoms in total. The van der Waals surface area contributed by atoms with Gasteiger partial charge in [0, 0.05) is 47.5 Å². The zero-order chi connectivity index (χ0) is 37.2. The molecule has 7 aliphatic rings. The summed E-state index contributed by atoms with van der Waals surface area (Å²) in [5, 5.41) is 48.4. The molecule has 0 saturated carbocycles. The lowest BCUT2D eigenvalue weighted by atomic mass is 9.73. The lowest BCUT2D eigenvalue weighted by molar-refractivity contribution is -0.186. The first kappa shape index (κ1) is 34.4. The molecule has 2 fully saturated rings. The van der Waals surface area contributed by atoms with E-state index in [0.29, 0.717) is 75.8 Å². The van der Waals surface area contributed by atoms with E-state index in [1.54, 1.807) is 0 Å². The number of aryl methyl sites for hydroxylation is 1. The summed E-state index contributed by atoms with van der Waals surface area (Å²) in [5.41, 5.74) is 3.93. The van der Waals surface area contributed by atoms with Gasteiger partial charge in [-0.15, -0.1) is 11.8 Å². The Balaban J connectivity index is 1.32. The van der Waals surface area contributed by atoms with Crippen LogP contribution < -0.4 is 24.3 Å². The number of hydrogen-bond donors (Lipinski definition) is 5. The van der Waals surface area contributed by atoms with Gasteiger partial charge >= 0.3 is 11.9 Å². The number of phenols is 3. The number of likely N-dealkylation sites (N-methyl/N-ethyl adjacent to an activating group) is 1. The lowest BCUT2D eigenvalue weighted by Gasteiger charge is -2.62. The third-order valence-corrected chi connectivity index (χ3v) is 13.5. The van der Waals surface area contributed by atoms with Crippen LogP contribution in [0.3, 0.4) is 0 Å². The van der Waals surface area contributed by atoms with E-state index in [4.69, 9.17) is 23.7 Å². The second kappa shape index (κ2) is 12.0. The molecular formula is C38H41N3O11S. The van der Waals surface area contributed by atoms with Gasteiger partial charge in [0.2, 0.25) is 6.79 Å². The normalized spacial score (nSPS) is 29.8. The number of phenolic OH excluding ortho intramolecular Hbond substituents is 3. The van der Waals surface area contributed by atoms with Gasteiger partial charge in [0.15, 0.2) is 40.0 Å². The number of nitrogens with one attached hydrogen (secondary N) is 1. The summed E-state index contributed by atoms with van der Waals surface area (Å²) in [4.78, 5) is 31.5. The van der Waals surface area contributed by atoms with Crippen LogP contribution >= 0.6 is 11.8 Å². The van der Waals surface area contributed by atoms with E-state index in [9.17, 15) is 30.0 Å². The van der Waals surface area contributed by atoms with Gasteiger partial charge in [-0.25, -0.2) is 4.79 Å². The number of aliphatic hydroxyl groups is 1. The predicted molar refractivity (Wildman–Crippen MR) is 190 cm³/mol. The highest BCUT2D eigenvalue weighted by molar-refractivity contribution is 7.99. The van der Waals surface area contributed by atoms with Crippen molar-refractivity contribution in [1.82, 2.24) is 15.1 Å². The number of fused-ring (bicyclic) bond motifs is 9. The van der Waals surface area contributed by atoms with Gasteiger partial charge in [-0.05, 0) is 68.1 Å². The summed E-state index contributed by atoms with van der Waals surface area (Å²) in [6.45, 7) is 5.13. The minimum Gasteiger partial charge on any atom is -0.504 e. The van der Waals surface area contributed by atoms with Gasteiger partial charge in [0.05, 0.1) is 30.5 Å². The second-order valence-corrected chi connectivity index (χ2v) is 15.9. The molecule has 4 bridgehead atoms. The highest BCUT2D eigenvalue weighted by Gasteiger charge is 2.61. The van der Waals surface area contributed by atoms with Gasteiger partial charge < -0.3 is 44.1 Å². The van der Waals surface area contributed by atoms with Crippen molar-refractivity contribution in [2.24, 2.45) is 0 Å². The van der Waals surface area contributed by atoms with Crippen LogP contribution in [0.1, 0.15) is 68.8 Å². The van der Waals surface area contributed by atoms with Crippen molar-refractivity contribution in [3.05, 3.63) is 62.7 Å². The number of nitrogens with zero attached hydrogens (tertiary/aromatic N) is 2. The Labute approximate surface area is 309 Å². The minimum atomic E-state index is -1.44. The van der Waals surface area contributed by atoms with Crippen LogP contribution in [0.15, 0.2) is 18.2 Å². The number of benzene rings is 3. The Morgan fingerprint density at radius 2 is 1.77 bits per heavy atom. The van der Waals surface area contributed by atoms with Crippen LogP contribution in [0.4, 0.5) is 0 Å². The maximum absolute atomic E-state index is 14.6. The Kier molecular flexibility index (Phi) is 7.81. The fourth-order valence-electron chi connectivity index (χ4n) is 9.84. The zero-order valence-electron chi connectivity index (χ0n) is 29.9. The summed E-state index contributed by atoms with van der Waals surface area (Å²) < 4.78 is 30.2. The van der Waals surface area contributed by atoms with E-state index in [-0.39, 0.29) is 36.4 Å². The Bertz CT molecular complexity index is 2110. The van der Waals surface area contributed by atoms with E-state index in [0.717, 1.165) is 11.1 Å². The van der Waals surface area contributed by atoms with E-state index in [1.807, 2.05) is 31.9 Å². The van der Waals surface area contributed by atoms with Gasteiger partial charge in [0.1, 0.15) is 18.6 Å². The van der Waals surface area contributed by atoms with Crippen molar-refractivity contribution in [1.29, 1.82) is 0 Å². The van der Waals surface area contributed by atoms with E-state index in [1.165, 1.54) is 37.9 Å². The van der Waals surface area contributed by atoms with Crippen molar-refractivity contribution >= 4 is 23.7 Å². The first-order valence-corrected chi connectivity index (χ1v) is 18.7. The van der Waals surface area contributed by atoms with Crippen LogP contribution in [-0.4, -0.2) is 100 Å². The average molecular weight is 748 g/mol. The molecule has 0 unspecified atom stereocenters. The maximum atomic E-state index is 14.6. The quantitative estimate of drug-likeness (QED) is 0.147. The molecule has 0 radical (unpaired) electrons. The van der Waals surface area contributed by atoms with Crippen LogP contribution in [0.25, 0.3) is 0 Å². The monoisotopic (exact) mass is 747 g/mol. The summed E-state index contributed by atoms with van der Waals surface area (Å²) in [5.74, 6) is -0.117. The standard InChI is InChI=1S/C38H41N3O11S/c1-15-8-19-9-21-36(46)41-22-12-49-37(47)38(20-11-24(44)23(43)10-18(20)6-7-39-38)13-53-35(29(41)28(40(21)4)25(19)30(45)31(15)48-5)27-26(22)34-33(50-14-51-34)16(2)32(27)52-17(3)42/h8,10-11,21-22,28-29,35-36,39,43-46H,6-7,9,12-14H2,1-5H3/t21-,22-,28+,29+,35+,36-,38+/m0/s1. The molecule has 3 aromatic rings. The highest BCUT2D eigenvalue weighted by Crippen LogP contribution is 2.64. The maximum Gasteiger partial charge on any atom is 0.331 e. The van der Waals surface area contributed by atoms with Gasteiger partial charge in [-0.1, -0.05) is 6.07 Å². The van der Waals surface area contributed by atoms with Crippen molar-refractivity contribution in [3.8, 4) is 40.2 Å². The first-order valence-electron chi connectivity index (χ1n) is 17.7. The van der Waals surface area contributed by atoms with Crippen molar-refractivity contribution in [3.63, 3.8) is 0 Å². The predicted octanol–water partition coefficient (Wildman–Crippen LogP) is 3.11. The van der Waals surface area contributed by atoms with E-state index in [2.05, 4.69) is 10.2 Å². The molecule has 53 heavy (non-hydrogen) atoms. The highest BCUT2D eigenvalue weighted by atomic mass is 32.2. The number of methoxy groups -OCH3 is 1. The molecule has 7 aliphatic heterocycles. The fourth-order valence-corrected chi connectivity index (χ4v) is 11.5. The molecule has 3 aromatic carbocycles. The van der Waals surface area contributed by atoms with Gasteiger partial charge in [-0.3, -0.25) is 19.9 Å². The lowest BCUT2D eigenvalue weighted by Crippen LogP contribution is -2.70. The topological polar surface area (TPSA) is 180 Å². The number of carbonyl (C=O) groups excluding carboxylic acids is 2. The number of ether oxygens (including phenoxy) is 5. The zero-order valence-corrected chi connectivity index (χ0v) is 30.7. The number of carbonyl (C=O) groups is 2. The molecule has 10 rings (SSSR count). The largest absolute Gasteiger partial charge is 0.504 e. The molecule has 2 saturated heterocycles. The second-order valence-electron chi connectivity index (χ2n) is 14.7. The average Bonchev–Trinajstić information content (AvgIpc) is 3.61. The Morgan fingerprint density at radius 1 is 1.02 bits per heavy atom. The van der Waals surface area contributed by atoms with E-state index >= 15 is 0 Å². The van der Waals surface area contributed by atoms with Crippen LogP contribution in [0, 0.1) is 13.8 Å². The third kappa shape index (κ3) is 4.67. The Hall–Kier alpha value is -4.41. The van der Waals surface area contributed by atoms with Crippen LogP contribution in [0.2, 0.25) is 0 Å². The van der Waals surface area contributed by atoms with Gasteiger partial charge in [0.25, 0.3) is 0 Å². The SMILES string of the molecule is COc1c(C)cc2c(c1O)[C@@H]1[C@@H]3[C@@H]4SC[C@]5(NCCc6cc(O)c(O)cc65)C(=O)OC[C@@H](c5c6c(c(C)c(OC(C)=O)c54)OCO6)N3[C@@H](O)[C@H](C2)N1C. The summed E-state index contributed by atoms with van der Waals surface area (Å²) in [6, 6.07) is 2.60. The first-order chi connectivity index (χ1) is 25.4. The molecular weight excluding hydrogens is 706 g/mol. The van der Waals surface area contributed by atoms with Gasteiger partial charge in [-0.2, -0.15) is 0 Å². The van der Waals surface area contributed by atoms with Crippen LogP contribution in [-0.2, 0) is 32.7 Å². The third-order valence-electron chi connectivity index (χ3n) is 12.1. The molecule has 7 heterocycles.